The predicted octanol–water partition coefficient (Wildman–Crippen LogP) is 1.68. The minimum atomic E-state index is 0.116. The molecule has 4 N–H and O–H groups in total. The molecule has 1 aromatic carbocycles. The van der Waals surface area contributed by atoms with Crippen LogP contribution in [-0.2, 0) is 0 Å². The summed E-state index contributed by atoms with van der Waals surface area (Å²) >= 11 is 2.29. The Morgan fingerprint density at radius 1 is 1.31 bits per heavy atom. The van der Waals surface area contributed by atoms with Gasteiger partial charge >= 0.3 is 0 Å². The van der Waals surface area contributed by atoms with Gasteiger partial charge in [0.05, 0.1) is 0 Å². The van der Waals surface area contributed by atoms with E-state index in [-0.39, 0.29) is 12.0 Å². The second kappa shape index (κ2) is 4.93. The highest BCUT2D eigenvalue weighted by Crippen LogP contribution is 2.18. The number of hydrogen-bond acceptors (Lipinski definition) is 2. The van der Waals surface area contributed by atoms with Crippen LogP contribution in [0.2, 0.25) is 0 Å². The Kier molecular flexibility index (Phi) is 4.15. The molecule has 2 unspecified atom stereocenters. The molecule has 0 saturated carbocycles. The number of benzene rings is 1. The van der Waals surface area contributed by atoms with Gasteiger partial charge in [-0.05, 0) is 47.2 Å². The smallest absolute Gasteiger partial charge is 0.0130 e. The van der Waals surface area contributed by atoms with Crippen molar-refractivity contribution in [2.24, 2.45) is 11.5 Å². The number of nitrogens with two attached hydrogens (primary N) is 2. The lowest BCUT2D eigenvalue weighted by Gasteiger charge is -2.19. The lowest BCUT2D eigenvalue weighted by atomic mass is 9.93. The van der Waals surface area contributed by atoms with Crippen molar-refractivity contribution in [3.05, 3.63) is 33.4 Å². The summed E-state index contributed by atoms with van der Waals surface area (Å²) in [6.07, 6.45) is 0. The Labute approximate surface area is 92.8 Å². The molecular formula is C10H15IN2. The van der Waals surface area contributed by atoms with E-state index in [2.05, 4.69) is 46.9 Å². The van der Waals surface area contributed by atoms with Gasteiger partial charge in [0, 0.05) is 22.1 Å². The van der Waals surface area contributed by atoms with E-state index in [9.17, 15) is 0 Å². The summed E-state index contributed by atoms with van der Waals surface area (Å²) in [5.74, 6) is 0.275. The van der Waals surface area contributed by atoms with E-state index in [1.165, 1.54) is 9.13 Å². The third kappa shape index (κ3) is 2.93. The summed E-state index contributed by atoms with van der Waals surface area (Å²) in [7, 11) is 0. The van der Waals surface area contributed by atoms with E-state index in [1.54, 1.807) is 0 Å². The molecule has 0 aliphatic rings. The summed E-state index contributed by atoms with van der Waals surface area (Å²) in [4.78, 5) is 0. The van der Waals surface area contributed by atoms with Crippen LogP contribution in [0.3, 0.4) is 0 Å². The Morgan fingerprint density at radius 3 is 2.23 bits per heavy atom. The van der Waals surface area contributed by atoms with Crippen molar-refractivity contribution in [3.63, 3.8) is 0 Å². The van der Waals surface area contributed by atoms with Crippen LogP contribution >= 0.6 is 22.6 Å². The molecule has 2 nitrogen and oxygen atoms in total. The first-order valence-electron chi connectivity index (χ1n) is 4.36. The Morgan fingerprint density at radius 2 is 1.85 bits per heavy atom. The third-order valence-corrected chi connectivity index (χ3v) is 2.91. The fourth-order valence-electron chi connectivity index (χ4n) is 1.36. The molecule has 2 atom stereocenters. The lowest BCUT2D eigenvalue weighted by Crippen LogP contribution is -2.30. The maximum absolute atomic E-state index is 5.84. The second-order valence-corrected chi connectivity index (χ2v) is 4.50. The number of hydrogen-bond donors (Lipinski definition) is 2. The minimum absolute atomic E-state index is 0.116. The average Bonchev–Trinajstić information content (AvgIpc) is 2.09. The molecule has 1 rings (SSSR count). The van der Waals surface area contributed by atoms with Gasteiger partial charge in [-0.1, -0.05) is 12.1 Å². The van der Waals surface area contributed by atoms with Crippen LogP contribution in [0, 0.1) is 3.57 Å². The molecular weight excluding hydrogens is 275 g/mol. The molecule has 0 fully saturated rings. The normalized spacial score (nSPS) is 15.4. The Bertz CT molecular complexity index is 256. The minimum Gasteiger partial charge on any atom is -0.330 e. The standard InChI is InChI=1S/C10H15IN2/c1-7(13)10(6-12)8-2-4-9(11)5-3-8/h2-5,7,10H,6,12-13H2,1H3. The van der Waals surface area contributed by atoms with Crippen LogP contribution in [0.25, 0.3) is 0 Å². The first-order chi connectivity index (χ1) is 6.15. The molecule has 0 spiro atoms. The summed E-state index contributed by atoms with van der Waals surface area (Å²) < 4.78 is 1.24. The van der Waals surface area contributed by atoms with Crippen molar-refractivity contribution < 1.29 is 0 Å². The first kappa shape index (κ1) is 10.9. The summed E-state index contributed by atoms with van der Waals surface area (Å²) in [6, 6.07) is 8.48. The quantitative estimate of drug-likeness (QED) is 0.832. The molecule has 0 amide bonds. The maximum atomic E-state index is 5.84. The molecule has 0 saturated heterocycles. The molecule has 0 aromatic heterocycles. The molecule has 0 bridgehead atoms. The van der Waals surface area contributed by atoms with E-state index in [4.69, 9.17) is 11.5 Å². The zero-order valence-electron chi connectivity index (χ0n) is 7.70. The molecule has 0 heterocycles. The van der Waals surface area contributed by atoms with Crippen molar-refractivity contribution in [2.45, 2.75) is 18.9 Å². The van der Waals surface area contributed by atoms with Gasteiger partial charge in [-0.2, -0.15) is 0 Å². The van der Waals surface area contributed by atoms with Crippen LogP contribution in [0.15, 0.2) is 24.3 Å². The first-order valence-corrected chi connectivity index (χ1v) is 5.44. The monoisotopic (exact) mass is 290 g/mol. The fourth-order valence-corrected chi connectivity index (χ4v) is 1.72. The topological polar surface area (TPSA) is 52.0 Å². The van der Waals surface area contributed by atoms with Crippen molar-refractivity contribution in [3.8, 4) is 0 Å². The van der Waals surface area contributed by atoms with Crippen LogP contribution in [0.1, 0.15) is 18.4 Å². The van der Waals surface area contributed by atoms with Crippen LogP contribution < -0.4 is 11.5 Å². The zero-order chi connectivity index (χ0) is 9.84. The highest BCUT2D eigenvalue weighted by Gasteiger charge is 2.13. The lowest BCUT2D eigenvalue weighted by molar-refractivity contribution is 0.577. The van der Waals surface area contributed by atoms with Crippen molar-refractivity contribution in [1.29, 1.82) is 0 Å². The molecule has 3 heteroatoms. The Balaban J connectivity index is 2.86. The van der Waals surface area contributed by atoms with Gasteiger partial charge in [-0.3, -0.25) is 0 Å². The van der Waals surface area contributed by atoms with Gasteiger partial charge in [-0.15, -0.1) is 0 Å². The highest BCUT2D eigenvalue weighted by atomic mass is 127. The van der Waals surface area contributed by atoms with Crippen molar-refractivity contribution in [1.82, 2.24) is 0 Å². The van der Waals surface area contributed by atoms with Gasteiger partial charge in [-0.25, -0.2) is 0 Å². The van der Waals surface area contributed by atoms with E-state index >= 15 is 0 Å². The Hall–Kier alpha value is -0.130. The maximum Gasteiger partial charge on any atom is 0.0130 e. The van der Waals surface area contributed by atoms with Gasteiger partial charge in [0.2, 0.25) is 0 Å². The van der Waals surface area contributed by atoms with Crippen LogP contribution in [0.5, 0.6) is 0 Å². The van der Waals surface area contributed by atoms with Crippen LogP contribution in [-0.4, -0.2) is 12.6 Å². The summed E-state index contributed by atoms with van der Waals surface area (Å²) in [5.41, 5.74) is 12.7. The average molecular weight is 290 g/mol. The van der Waals surface area contributed by atoms with Crippen LogP contribution in [0.4, 0.5) is 0 Å². The molecule has 72 valence electrons. The SMILES string of the molecule is CC(N)C(CN)c1ccc(I)cc1. The molecule has 13 heavy (non-hydrogen) atoms. The largest absolute Gasteiger partial charge is 0.330 e. The molecule has 0 radical (unpaired) electrons. The van der Waals surface area contributed by atoms with Gasteiger partial charge < -0.3 is 11.5 Å². The van der Waals surface area contributed by atoms with Gasteiger partial charge in [0.25, 0.3) is 0 Å². The highest BCUT2D eigenvalue weighted by molar-refractivity contribution is 14.1. The van der Waals surface area contributed by atoms with E-state index in [1.807, 2.05) is 6.92 Å². The zero-order valence-corrected chi connectivity index (χ0v) is 9.86. The fraction of sp³-hybridized carbons (Fsp3) is 0.400. The van der Waals surface area contributed by atoms with E-state index in [0.29, 0.717) is 6.54 Å². The molecule has 0 aliphatic carbocycles. The van der Waals surface area contributed by atoms with E-state index in [0.717, 1.165) is 0 Å². The molecule has 1 aromatic rings. The number of rotatable bonds is 3. The van der Waals surface area contributed by atoms with Crippen molar-refractivity contribution in [2.75, 3.05) is 6.54 Å². The predicted molar refractivity (Wildman–Crippen MR) is 64.6 cm³/mol. The summed E-state index contributed by atoms with van der Waals surface area (Å²) in [5, 5.41) is 0. The van der Waals surface area contributed by atoms with Crippen molar-refractivity contribution >= 4 is 22.6 Å². The van der Waals surface area contributed by atoms with Gasteiger partial charge in [0.1, 0.15) is 0 Å². The molecule has 0 aliphatic heterocycles. The summed E-state index contributed by atoms with van der Waals surface area (Å²) in [6.45, 7) is 2.60. The number of halogens is 1. The second-order valence-electron chi connectivity index (χ2n) is 3.25. The third-order valence-electron chi connectivity index (χ3n) is 2.19. The van der Waals surface area contributed by atoms with E-state index < -0.39 is 0 Å². The van der Waals surface area contributed by atoms with Gasteiger partial charge in [0.15, 0.2) is 0 Å².